The van der Waals surface area contributed by atoms with Crippen LogP contribution in [0.5, 0.6) is 0 Å². The van der Waals surface area contributed by atoms with E-state index in [9.17, 15) is 0 Å². The van der Waals surface area contributed by atoms with Gasteiger partial charge >= 0.3 is 0 Å². The van der Waals surface area contributed by atoms with Crippen LogP contribution in [0, 0.1) is 0 Å². The second-order valence-corrected chi connectivity index (χ2v) is 3.74. The largest absolute Gasteiger partial charge is 0.303 e. The van der Waals surface area contributed by atoms with E-state index < -0.39 is 0 Å². The van der Waals surface area contributed by atoms with Gasteiger partial charge in [-0.15, -0.1) is 0 Å². The average molecular weight is 167 g/mol. The molecule has 0 spiro atoms. The zero-order valence-electron chi connectivity index (χ0n) is 8.47. The molecule has 70 valence electrons. The summed E-state index contributed by atoms with van der Waals surface area (Å²) in [7, 11) is 0. The molecule has 1 nitrogen and oxygen atoms in total. The Morgan fingerprint density at radius 3 is 2.58 bits per heavy atom. The van der Waals surface area contributed by atoms with Crippen molar-refractivity contribution in [3.8, 4) is 0 Å². The highest BCUT2D eigenvalue weighted by Gasteiger charge is 2.09. The van der Waals surface area contributed by atoms with Gasteiger partial charge in [-0.05, 0) is 45.7 Å². The molecule has 0 radical (unpaired) electrons. The molecule has 0 aromatic carbocycles. The van der Waals surface area contributed by atoms with Crippen molar-refractivity contribution in [1.29, 1.82) is 0 Å². The van der Waals surface area contributed by atoms with E-state index in [0.717, 1.165) is 0 Å². The van der Waals surface area contributed by atoms with E-state index >= 15 is 0 Å². The van der Waals surface area contributed by atoms with E-state index in [2.05, 4.69) is 24.8 Å². The maximum absolute atomic E-state index is 2.57. The van der Waals surface area contributed by atoms with Crippen LogP contribution in [0.25, 0.3) is 0 Å². The van der Waals surface area contributed by atoms with Gasteiger partial charge in [0.2, 0.25) is 0 Å². The van der Waals surface area contributed by atoms with E-state index in [-0.39, 0.29) is 0 Å². The molecule has 1 aliphatic heterocycles. The lowest BCUT2D eigenvalue weighted by Crippen LogP contribution is -2.19. The first-order valence-electron chi connectivity index (χ1n) is 5.21. The van der Waals surface area contributed by atoms with E-state index in [0.29, 0.717) is 0 Å². The Bertz CT molecular complexity index is 143. The molecule has 0 aliphatic carbocycles. The van der Waals surface area contributed by atoms with E-state index in [1.807, 2.05) is 0 Å². The zero-order chi connectivity index (χ0) is 8.81. The van der Waals surface area contributed by atoms with E-state index in [1.54, 1.807) is 0 Å². The number of likely N-dealkylation sites (tertiary alicyclic amines) is 1. The number of hydrogen-bond donors (Lipinski definition) is 0. The van der Waals surface area contributed by atoms with E-state index in [4.69, 9.17) is 0 Å². The topological polar surface area (TPSA) is 3.24 Å². The van der Waals surface area contributed by atoms with Gasteiger partial charge in [0.25, 0.3) is 0 Å². The summed E-state index contributed by atoms with van der Waals surface area (Å²) in [6.07, 6.45) is 7.67. The highest BCUT2D eigenvalue weighted by atomic mass is 15.1. The highest BCUT2D eigenvalue weighted by molar-refractivity contribution is 4.96. The highest BCUT2D eigenvalue weighted by Crippen LogP contribution is 2.08. The van der Waals surface area contributed by atoms with Crippen molar-refractivity contribution in [2.24, 2.45) is 0 Å². The molecule has 0 saturated carbocycles. The molecule has 0 bridgehead atoms. The lowest BCUT2D eigenvalue weighted by Gasteiger charge is -2.12. The third kappa shape index (κ3) is 3.40. The molecule has 0 aromatic heterocycles. The summed E-state index contributed by atoms with van der Waals surface area (Å²) in [5, 5.41) is 0. The van der Waals surface area contributed by atoms with Gasteiger partial charge in [0, 0.05) is 6.54 Å². The second kappa shape index (κ2) is 5.36. The van der Waals surface area contributed by atoms with Crippen molar-refractivity contribution in [2.75, 3.05) is 19.6 Å². The van der Waals surface area contributed by atoms with Gasteiger partial charge in [0.1, 0.15) is 0 Å². The Hall–Kier alpha value is -0.300. The van der Waals surface area contributed by atoms with Crippen molar-refractivity contribution in [3.05, 3.63) is 11.6 Å². The molecule has 12 heavy (non-hydrogen) atoms. The lowest BCUT2D eigenvalue weighted by atomic mass is 10.2. The van der Waals surface area contributed by atoms with Crippen molar-refractivity contribution in [1.82, 2.24) is 4.90 Å². The van der Waals surface area contributed by atoms with Gasteiger partial charge in [-0.3, -0.25) is 0 Å². The summed E-state index contributed by atoms with van der Waals surface area (Å²) < 4.78 is 0. The monoisotopic (exact) mass is 167 g/mol. The molecule has 0 N–H and O–H groups in total. The van der Waals surface area contributed by atoms with Gasteiger partial charge in [-0.1, -0.05) is 18.6 Å². The van der Waals surface area contributed by atoms with Gasteiger partial charge in [0.05, 0.1) is 0 Å². The van der Waals surface area contributed by atoms with Crippen LogP contribution >= 0.6 is 0 Å². The normalized spacial score (nSPS) is 20.3. The fourth-order valence-corrected chi connectivity index (χ4v) is 1.64. The average Bonchev–Trinajstić information content (AvgIpc) is 2.57. The van der Waals surface area contributed by atoms with Crippen LogP contribution in [-0.4, -0.2) is 24.5 Å². The summed E-state index contributed by atoms with van der Waals surface area (Å²) >= 11 is 0. The van der Waals surface area contributed by atoms with Gasteiger partial charge < -0.3 is 4.90 Å². The molecule has 0 amide bonds. The van der Waals surface area contributed by atoms with Crippen LogP contribution < -0.4 is 0 Å². The molecule has 0 atom stereocenters. The summed E-state index contributed by atoms with van der Waals surface area (Å²) in [5.41, 5.74) is 1.54. The van der Waals surface area contributed by atoms with Crippen LogP contribution in [0.1, 0.15) is 39.5 Å². The fourth-order valence-electron chi connectivity index (χ4n) is 1.64. The van der Waals surface area contributed by atoms with Crippen LogP contribution in [0.2, 0.25) is 0 Å². The third-order valence-corrected chi connectivity index (χ3v) is 2.69. The molecule has 1 fully saturated rings. The first-order valence-corrected chi connectivity index (χ1v) is 5.21. The second-order valence-electron chi connectivity index (χ2n) is 3.74. The lowest BCUT2D eigenvalue weighted by molar-refractivity contribution is 0.346. The smallest absolute Gasteiger partial charge is 0.00160 e. The van der Waals surface area contributed by atoms with Crippen molar-refractivity contribution in [3.63, 3.8) is 0 Å². The maximum Gasteiger partial charge on any atom is 0.00160 e. The SMILES string of the molecule is CC/C(C)=C\CCN1CCCC1. The first-order chi connectivity index (χ1) is 5.83. The summed E-state index contributed by atoms with van der Waals surface area (Å²) in [5.74, 6) is 0. The third-order valence-electron chi connectivity index (χ3n) is 2.69. The number of nitrogens with zero attached hydrogens (tertiary/aromatic N) is 1. The van der Waals surface area contributed by atoms with Gasteiger partial charge in [0.15, 0.2) is 0 Å². The van der Waals surface area contributed by atoms with Gasteiger partial charge in [-0.2, -0.15) is 0 Å². The molecule has 1 heteroatoms. The molecule has 1 rings (SSSR count). The molecular formula is C11H21N. The molecule has 0 unspecified atom stereocenters. The molecule has 1 aliphatic rings. The minimum atomic E-state index is 1.21. The van der Waals surface area contributed by atoms with Gasteiger partial charge in [-0.25, -0.2) is 0 Å². The number of allylic oxidation sites excluding steroid dienone is 1. The van der Waals surface area contributed by atoms with Crippen LogP contribution in [-0.2, 0) is 0 Å². The maximum atomic E-state index is 2.57. The molecule has 1 saturated heterocycles. The Kier molecular flexibility index (Phi) is 4.37. The Labute approximate surface area is 76.5 Å². The minimum absolute atomic E-state index is 1.21. The number of rotatable bonds is 4. The van der Waals surface area contributed by atoms with E-state index in [1.165, 1.54) is 50.9 Å². The Morgan fingerprint density at radius 1 is 1.33 bits per heavy atom. The van der Waals surface area contributed by atoms with Crippen LogP contribution in [0.15, 0.2) is 11.6 Å². The summed E-state index contributed by atoms with van der Waals surface area (Å²) in [6, 6.07) is 0. The summed E-state index contributed by atoms with van der Waals surface area (Å²) in [4.78, 5) is 2.57. The standard InChI is InChI=1S/C11H21N/c1-3-11(2)7-6-10-12-8-4-5-9-12/h7H,3-6,8-10H2,1-2H3/b11-7-. The Balaban J connectivity index is 2.08. The fraction of sp³-hybridized carbons (Fsp3) is 0.818. The molecule has 0 aromatic rings. The van der Waals surface area contributed by atoms with Crippen LogP contribution in [0.3, 0.4) is 0 Å². The van der Waals surface area contributed by atoms with Crippen LogP contribution in [0.4, 0.5) is 0 Å². The number of hydrogen-bond acceptors (Lipinski definition) is 1. The predicted molar refractivity (Wildman–Crippen MR) is 54.3 cm³/mol. The quantitative estimate of drug-likeness (QED) is 0.582. The minimum Gasteiger partial charge on any atom is -0.303 e. The molecular weight excluding hydrogens is 146 g/mol. The van der Waals surface area contributed by atoms with Crippen molar-refractivity contribution in [2.45, 2.75) is 39.5 Å². The Morgan fingerprint density at radius 2 is 2.00 bits per heavy atom. The zero-order valence-corrected chi connectivity index (χ0v) is 8.47. The first kappa shape index (κ1) is 9.79. The molecule has 1 heterocycles. The van der Waals surface area contributed by atoms with Crippen molar-refractivity contribution >= 4 is 0 Å². The summed E-state index contributed by atoms with van der Waals surface area (Å²) in [6.45, 7) is 8.39. The van der Waals surface area contributed by atoms with Crippen molar-refractivity contribution < 1.29 is 0 Å². The predicted octanol–water partition coefficient (Wildman–Crippen LogP) is 2.83.